The number of fused-ring (bicyclic) bond motifs is 1. The van der Waals surface area contributed by atoms with E-state index in [4.69, 9.17) is 0 Å². The van der Waals surface area contributed by atoms with Crippen LogP contribution in [0.3, 0.4) is 0 Å². The highest BCUT2D eigenvalue weighted by Crippen LogP contribution is 2.27. The summed E-state index contributed by atoms with van der Waals surface area (Å²) in [7, 11) is 1.76. The zero-order valence-electron chi connectivity index (χ0n) is 7.56. The van der Waals surface area contributed by atoms with Crippen LogP contribution in [0.25, 0.3) is 10.9 Å². The van der Waals surface area contributed by atoms with Crippen molar-refractivity contribution in [1.29, 1.82) is 0 Å². The molecule has 2 aromatic rings. The van der Waals surface area contributed by atoms with E-state index in [-0.39, 0.29) is 16.9 Å². The van der Waals surface area contributed by atoms with E-state index in [0.717, 1.165) is 0 Å². The van der Waals surface area contributed by atoms with Crippen molar-refractivity contribution < 1.29 is 10.2 Å². The van der Waals surface area contributed by atoms with Crippen LogP contribution in [0.1, 0.15) is 0 Å². The first-order valence-corrected chi connectivity index (χ1v) is 4.11. The van der Waals surface area contributed by atoms with Crippen LogP contribution in [0.5, 0.6) is 11.5 Å². The van der Waals surface area contributed by atoms with Crippen molar-refractivity contribution in [3.05, 3.63) is 34.6 Å². The van der Waals surface area contributed by atoms with Gasteiger partial charge < -0.3 is 14.8 Å². The Hall–Kier alpha value is -1.97. The fourth-order valence-corrected chi connectivity index (χ4v) is 1.40. The molecule has 1 aromatic carbocycles. The average Bonchev–Trinajstić information content (AvgIpc) is 2.15. The predicted octanol–water partition coefficient (Wildman–Crippen LogP) is 0.950. The second-order valence-electron chi connectivity index (χ2n) is 3.15. The third-order valence-corrected chi connectivity index (χ3v) is 2.19. The number of pyridine rings is 1. The van der Waals surface area contributed by atoms with Crippen molar-refractivity contribution in [2.75, 3.05) is 0 Å². The molecule has 0 bridgehead atoms. The summed E-state index contributed by atoms with van der Waals surface area (Å²) in [5.74, 6) is -0.500. The molecular formula is C10H9NO3. The monoisotopic (exact) mass is 191 g/mol. The highest BCUT2D eigenvalue weighted by molar-refractivity contribution is 5.82. The lowest BCUT2D eigenvalue weighted by atomic mass is 10.2. The molecule has 4 heteroatoms. The maximum Gasteiger partial charge on any atom is 0.189 e. The standard InChI is InChI=1S/C10H9NO3/c1-11-3-2-8(12)6-4-9(13)10(14)5-7(6)11/h2-5,13-14H,1H3. The van der Waals surface area contributed by atoms with Crippen LogP contribution in [0.15, 0.2) is 29.2 Å². The maximum atomic E-state index is 11.4. The molecule has 2 rings (SSSR count). The predicted molar refractivity (Wildman–Crippen MR) is 52.5 cm³/mol. The molecular weight excluding hydrogens is 182 g/mol. The smallest absolute Gasteiger partial charge is 0.189 e. The van der Waals surface area contributed by atoms with Gasteiger partial charge in [0.15, 0.2) is 16.9 Å². The number of aromatic hydroxyl groups is 2. The van der Waals surface area contributed by atoms with Gasteiger partial charge in [-0.3, -0.25) is 4.79 Å². The lowest BCUT2D eigenvalue weighted by Gasteiger charge is -2.05. The number of phenols is 2. The van der Waals surface area contributed by atoms with Gasteiger partial charge in [-0.1, -0.05) is 0 Å². The molecule has 2 N–H and O–H groups in total. The van der Waals surface area contributed by atoms with Crippen molar-refractivity contribution >= 4 is 10.9 Å². The Balaban J connectivity index is 3.02. The Kier molecular flexibility index (Phi) is 1.70. The summed E-state index contributed by atoms with van der Waals surface area (Å²) in [6, 6.07) is 4.05. The summed E-state index contributed by atoms with van der Waals surface area (Å²) in [6.45, 7) is 0. The van der Waals surface area contributed by atoms with E-state index in [1.54, 1.807) is 17.8 Å². The van der Waals surface area contributed by atoms with Crippen LogP contribution < -0.4 is 5.43 Å². The van der Waals surface area contributed by atoms with E-state index in [2.05, 4.69) is 0 Å². The van der Waals surface area contributed by atoms with Gasteiger partial charge >= 0.3 is 0 Å². The van der Waals surface area contributed by atoms with Crippen molar-refractivity contribution in [2.45, 2.75) is 0 Å². The number of aromatic nitrogens is 1. The third-order valence-electron chi connectivity index (χ3n) is 2.19. The molecule has 0 unspecified atom stereocenters. The van der Waals surface area contributed by atoms with Crippen LogP contribution >= 0.6 is 0 Å². The number of nitrogens with zero attached hydrogens (tertiary/aromatic N) is 1. The van der Waals surface area contributed by atoms with Gasteiger partial charge in [0.25, 0.3) is 0 Å². The third kappa shape index (κ3) is 1.12. The summed E-state index contributed by atoms with van der Waals surface area (Å²) >= 11 is 0. The minimum atomic E-state index is -0.277. The molecule has 1 heterocycles. The summed E-state index contributed by atoms with van der Waals surface area (Å²) in [4.78, 5) is 11.4. The van der Waals surface area contributed by atoms with Crippen molar-refractivity contribution in [3.8, 4) is 11.5 Å². The second kappa shape index (κ2) is 2.77. The normalized spacial score (nSPS) is 10.6. The molecule has 0 aliphatic rings. The van der Waals surface area contributed by atoms with Crippen LogP contribution in [-0.4, -0.2) is 14.8 Å². The molecule has 1 aromatic heterocycles. The fraction of sp³-hybridized carbons (Fsp3) is 0.100. The molecule has 0 amide bonds. The first-order valence-electron chi connectivity index (χ1n) is 4.11. The SMILES string of the molecule is Cn1ccc(=O)c2cc(O)c(O)cc21. The van der Waals surface area contributed by atoms with E-state index < -0.39 is 0 Å². The molecule has 0 atom stereocenters. The Labute approximate surface area is 79.7 Å². The second-order valence-corrected chi connectivity index (χ2v) is 3.15. The number of phenolic OH excluding ortho intramolecular Hbond substituents is 2. The molecule has 0 aliphatic heterocycles. The fourth-order valence-electron chi connectivity index (χ4n) is 1.40. The van der Waals surface area contributed by atoms with Crippen LogP contribution in [-0.2, 0) is 7.05 Å². The molecule has 0 spiro atoms. The first kappa shape index (κ1) is 8.62. The summed E-state index contributed by atoms with van der Waals surface area (Å²) in [5.41, 5.74) is 0.418. The maximum absolute atomic E-state index is 11.4. The zero-order valence-corrected chi connectivity index (χ0v) is 7.56. The summed E-state index contributed by atoms with van der Waals surface area (Å²) in [5, 5.41) is 18.9. The highest BCUT2D eigenvalue weighted by Gasteiger charge is 2.05. The Bertz CT molecular complexity index is 557. The molecule has 4 nitrogen and oxygen atoms in total. The van der Waals surface area contributed by atoms with Gasteiger partial charge in [0.2, 0.25) is 0 Å². The van der Waals surface area contributed by atoms with Gasteiger partial charge in [-0.25, -0.2) is 0 Å². The number of benzene rings is 1. The molecule has 0 radical (unpaired) electrons. The molecule has 0 aliphatic carbocycles. The van der Waals surface area contributed by atoms with E-state index in [1.807, 2.05) is 0 Å². The van der Waals surface area contributed by atoms with Crippen LogP contribution in [0, 0.1) is 0 Å². The zero-order chi connectivity index (χ0) is 10.3. The molecule has 14 heavy (non-hydrogen) atoms. The average molecular weight is 191 g/mol. The van der Waals surface area contributed by atoms with Crippen molar-refractivity contribution in [1.82, 2.24) is 4.57 Å². The Morgan fingerprint density at radius 1 is 1.21 bits per heavy atom. The van der Waals surface area contributed by atoms with Crippen molar-refractivity contribution in [3.63, 3.8) is 0 Å². The van der Waals surface area contributed by atoms with Gasteiger partial charge in [-0.05, 0) is 6.07 Å². The van der Waals surface area contributed by atoms with Gasteiger partial charge in [0, 0.05) is 30.8 Å². The van der Waals surface area contributed by atoms with Gasteiger partial charge in [-0.15, -0.1) is 0 Å². The minimum Gasteiger partial charge on any atom is -0.504 e. The van der Waals surface area contributed by atoms with Gasteiger partial charge in [0.05, 0.1) is 5.52 Å². The Morgan fingerprint density at radius 3 is 2.57 bits per heavy atom. The topological polar surface area (TPSA) is 62.5 Å². The van der Waals surface area contributed by atoms with Gasteiger partial charge in [0.1, 0.15) is 0 Å². The minimum absolute atomic E-state index is 0.173. The molecule has 0 saturated heterocycles. The Morgan fingerprint density at radius 2 is 1.86 bits per heavy atom. The van der Waals surface area contributed by atoms with E-state index in [9.17, 15) is 15.0 Å². The number of rotatable bonds is 0. The lowest BCUT2D eigenvalue weighted by molar-refractivity contribution is 0.404. The molecule has 0 saturated carbocycles. The highest BCUT2D eigenvalue weighted by atomic mass is 16.3. The lowest BCUT2D eigenvalue weighted by Crippen LogP contribution is -2.04. The van der Waals surface area contributed by atoms with E-state index >= 15 is 0 Å². The van der Waals surface area contributed by atoms with Gasteiger partial charge in [-0.2, -0.15) is 0 Å². The summed E-state index contributed by atoms with van der Waals surface area (Å²) < 4.78 is 1.70. The summed E-state index contributed by atoms with van der Waals surface area (Å²) in [6.07, 6.45) is 1.61. The van der Waals surface area contributed by atoms with E-state index in [0.29, 0.717) is 10.9 Å². The number of hydrogen-bond donors (Lipinski definition) is 2. The number of aryl methyl sites for hydroxylation is 1. The largest absolute Gasteiger partial charge is 0.504 e. The van der Waals surface area contributed by atoms with Crippen molar-refractivity contribution in [2.24, 2.45) is 7.05 Å². The van der Waals surface area contributed by atoms with E-state index in [1.165, 1.54) is 18.2 Å². The number of hydrogen-bond acceptors (Lipinski definition) is 3. The van der Waals surface area contributed by atoms with Crippen LogP contribution in [0.4, 0.5) is 0 Å². The molecule has 0 fully saturated rings. The van der Waals surface area contributed by atoms with Crippen LogP contribution in [0.2, 0.25) is 0 Å². The first-order chi connectivity index (χ1) is 6.59. The molecule has 72 valence electrons. The quantitative estimate of drug-likeness (QED) is 0.609.